The van der Waals surface area contributed by atoms with Gasteiger partial charge in [-0.05, 0) is 52.0 Å². The lowest BCUT2D eigenvalue weighted by Gasteiger charge is -2.43. The average Bonchev–Trinajstić information content (AvgIpc) is 2.85. The number of para-hydroxylation sites is 1. The number of halogens is 1. The molecule has 1 amide bonds. The van der Waals surface area contributed by atoms with Gasteiger partial charge in [0.1, 0.15) is 9.57 Å². The van der Waals surface area contributed by atoms with E-state index in [0.717, 1.165) is 51.8 Å². The number of piperidine rings is 1. The zero-order valence-electron chi connectivity index (χ0n) is 18.4. The summed E-state index contributed by atoms with van der Waals surface area (Å²) in [5, 5.41) is 2.58. The summed E-state index contributed by atoms with van der Waals surface area (Å²) in [6.45, 7) is 2.29. The number of thiocarbonyl (C=S) groups is 1. The lowest BCUT2D eigenvalue weighted by molar-refractivity contribution is -0.115. The maximum Gasteiger partial charge on any atom is 0.250 e. The second-order valence-electron chi connectivity index (χ2n) is 8.75. The number of hydrogen-bond acceptors (Lipinski definition) is 4. The standard InChI is InChI=1S/C26H24BrN3O2S2/c27-20-9-4-5-10-21(20)28-25(32)24(18-7-2-1-3-8-18)34-26(33)29-14-17-13-19(16-29)22-11-6-12-23(31)30(22)15-17/h1-12,17,19,24H,13-16H2,(H,28,32)/t17-,19-,24-/m0/s1. The number of amides is 1. The number of anilines is 1. The van der Waals surface area contributed by atoms with Gasteiger partial charge >= 0.3 is 0 Å². The first-order chi connectivity index (χ1) is 16.5. The van der Waals surface area contributed by atoms with Gasteiger partial charge in [0.15, 0.2) is 0 Å². The van der Waals surface area contributed by atoms with Crippen LogP contribution in [0, 0.1) is 5.92 Å². The smallest absolute Gasteiger partial charge is 0.250 e. The van der Waals surface area contributed by atoms with E-state index in [2.05, 4.69) is 32.2 Å². The maximum atomic E-state index is 13.4. The first kappa shape index (κ1) is 23.3. The van der Waals surface area contributed by atoms with Gasteiger partial charge in [-0.3, -0.25) is 9.59 Å². The fourth-order valence-corrected chi connectivity index (χ4v) is 6.66. The summed E-state index contributed by atoms with van der Waals surface area (Å²) in [4.78, 5) is 28.0. The molecular weight excluding hydrogens is 530 g/mol. The zero-order valence-corrected chi connectivity index (χ0v) is 21.6. The highest BCUT2D eigenvalue weighted by molar-refractivity contribution is 9.10. The van der Waals surface area contributed by atoms with Crippen molar-refractivity contribution in [2.24, 2.45) is 5.92 Å². The second kappa shape index (κ2) is 10.1. The van der Waals surface area contributed by atoms with Crippen LogP contribution >= 0.6 is 39.9 Å². The number of pyridine rings is 1. The fraction of sp³-hybridized carbons (Fsp3) is 0.269. The van der Waals surface area contributed by atoms with E-state index in [4.69, 9.17) is 12.2 Å². The monoisotopic (exact) mass is 553 g/mol. The SMILES string of the molecule is O=C(Nc1ccccc1Br)[C@@H](SC(=S)N1C[C@@H]2C[C@@H](C1)c1cccc(=O)n1C2)c1ccccc1. The molecule has 1 N–H and O–H groups in total. The minimum absolute atomic E-state index is 0.0745. The molecule has 3 aromatic rings. The number of nitrogens with zero attached hydrogens (tertiary/aromatic N) is 2. The first-order valence-electron chi connectivity index (χ1n) is 11.3. The highest BCUT2D eigenvalue weighted by Crippen LogP contribution is 2.39. The van der Waals surface area contributed by atoms with Crippen LogP contribution in [0.25, 0.3) is 0 Å². The molecule has 0 saturated carbocycles. The van der Waals surface area contributed by atoms with Crippen molar-refractivity contribution in [2.45, 2.75) is 24.1 Å². The molecule has 0 radical (unpaired) electrons. The molecule has 2 aliphatic rings. The van der Waals surface area contributed by atoms with E-state index in [0.29, 0.717) is 5.92 Å². The summed E-state index contributed by atoms with van der Waals surface area (Å²) in [5.74, 6) is 0.526. The van der Waals surface area contributed by atoms with E-state index in [-0.39, 0.29) is 17.4 Å². The van der Waals surface area contributed by atoms with Gasteiger partial charge in [0.25, 0.3) is 5.56 Å². The molecule has 2 aliphatic heterocycles. The van der Waals surface area contributed by atoms with Crippen LogP contribution in [0.4, 0.5) is 5.69 Å². The molecule has 5 nitrogen and oxygen atoms in total. The van der Waals surface area contributed by atoms with E-state index in [1.165, 1.54) is 11.8 Å². The van der Waals surface area contributed by atoms with Gasteiger partial charge in [-0.15, -0.1) is 0 Å². The van der Waals surface area contributed by atoms with Gasteiger partial charge in [0.05, 0.1) is 5.69 Å². The van der Waals surface area contributed by atoms with Crippen molar-refractivity contribution >= 4 is 55.8 Å². The number of fused-ring (bicyclic) bond motifs is 4. The Kier molecular flexibility index (Phi) is 6.90. The molecule has 1 aromatic heterocycles. The number of thioether (sulfide) groups is 1. The van der Waals surface area contributed by atoms with Crippen molar-refractivity contribution < 1.29 is 4.79 Å². The van der Waals surface area contributed by atoms with Crippen LogP contribution in [0.2, 0.25) is 0 Å². The Morgan fingerprint density at radius 1 is 1.00 bits per heavy atom. The molecule has 2 aromatic carbocycles. The van der Waals surface area contributed by atoms with Crippen molar-refractivity contribution in [3.63, 3.8) is 0 Å². The van der Waals surface area contributed by atoms with Gasteiger partial charge in [0, 0.05) is 41.8 Å². The molecule has 34 heavy (non-hydrogen) atoms. The van der Waals surface area contributed by atoms with Gasteiger partial charge in [-0.1, -0.05) is 72.5 Å². The summed E-state index contributed by atoms with van der Waals surface area (Å²) in [7, 11) is 0. The fourth-order valence-electron chi connectivity index (χ4n) is 4.88. The predicted octanol–water partition coefficient (Wildman–Crippen LogP) is 5.43. The molecular formula is C26H24BrN3O2S2. The van der Waals surface area contributed by atoms with Crippen molar-refractivity contribution in [3.8, 4) is 0 Å². The number of carbonyl (C=O) groups is 1. The van der Waals surface area contributed by atoms with Gasteiger partial charge in [-0.2, -0.15) is 0 Å². The summed E-state index contributed by atoms with van der Waals surface area (Å²) < 4.78 is 3.47. The van der Waals surface area contributed by atoms with Crippen LogP contribution < -0.4 is 10.9 Å². The molecule has 8 heteroatoms. The summed E-state index contributed by atoms with van der Waals surface area (Å²) >= 11 is 10.8. The van der Waals surface area contributed by atoms with E-state index in [9.17, 15) is 9.59 Å². The quantitative estimate of drug-likeness (QED) is 0.436. The highest BCUT2D eigenvalue weighted by atomic mass is 79.9. The van der Waals surface area contributed by atoms with Crippen LogP contribution in [-0.4, -0.2) is 32.8 Å². The first-order valence-corrected chi connectivity index (χ1v) is 13.3. The lowest BCUT2D eigenvalue weighted by Crippen LogP contribution is -2.48. The summed E-state index contributed by atoms with van der Waals surface area (Å²) in [6.07, 6.45) is 1.07. The zero-order chi connectivity index (χ0) is 23.7. The Balaban J connectivity index is 1.36. The van der Waals surface area contributed by atoms with Crippen molar-refractivity contribution in [3.05, 3.63) is 98.9 Å². The lowest BCUT2D eigenvalue weighted by atomic mass is 9.83. The Morgan fingerprint density at radius 3 is 2.56 bits per heavy atom. The third kappa shape index (κ3) is 4.85. The van der Waals surface area contributed by atoms with Gasteiger partial charge in [-0.25, -0.2) is 0 Å². The Morgan fingerprint density at radius 2 is 1.76 bits per heavy atom. The molecule has 0 unspecified atom stereocenters. The molecule has 1 saturated heterocycles. The third-order valence-corrected chi connectivity index (χ3v) is 8.85. The maximum absolute atomic E-state index is 13.4. The highest BCUT2D eigenvalue weighted by Gasteiger charge is 2.36. The largest absolute Gasteiger partial charge is 0.356 e. The minimum Gasteiger partial charge on any atom is -0.356 e. The minimum atomic E-state index is -0.475. The van der Waals surface area contributed by atoms with Crippen LogP contribution in [0.15, 0.2) is 82.1 Å². The number of aromatic nitrogens is 1. The summed E-state index contributed by atoms with van der Waals surface area (Å²) in [5.41, 5.74) is 2.81. The normalized spacial score (nSPS) is 19.7. The van der Waals surface area contributed by atoms with Crippen molar-refractivity contribution in [1.82, 2.24) is 9.47 Å². The Hall–Kier alpha value is -2.42. The summed E-state index contributed by atoms with van der Waals surface area (Å²) in [6, 6.07) is 22.9. The molecule has 174 valence electrons. The van der Waals surface area contributed by atoms with Gasteiger partial charge in [0.2, 0.25) is 5.91 Å². The Bertz CT molecular complexity index is 1280. The van der Waals surface area contributed by atoms with Crippen molar-refractivity contribution in [2.75, 3.05) is 18.4 Å². The van der Waals surface area contributed by atoms with Crippen LogP contribution in [-0.2, 0) is 11.3 Å². The van der Waals surface area contributed by atoms with Gasteiger partial charge < -0.3 is 14.8 Å². The molecule has 5 rings (SSSR count). The average molecular weight is 555 g/mol. The van der Waals surface area contributed by atoms with Crippen LogP contribution in [0.5, 0.6) is 0 Å². The van der Waals surface area contributed by atoms with E-state index >= 15 is 0 Å². The van der Waals surface area contributed by atoms with E-state index in [1.807, 2.05) is 65.2 Å². The number of likely N-dealkylation sites (tertiary alicyclic amines) is 1. The number of rotatable bonds is 4. The topological polar surface area (TPSA) is 54.3 Å². The molecule has 0 aliphatic carbocycles. The second-order valence-corrected chi connectivity index (χ2v) is 11.3. The molecule has 2 bridgehead atoms. The number of carbonyl (C=O) groups excluding carboxylic acids is 1. The number of hydrogen-bond donors (Lipinski definition) is 1. The van der Waals surface area contributed by atoms with E-state index in [1.54, 1.807) is 6.07 Å². The van der Waals surface area contributed by atoms with Crippen LogP contribution in [0.1, 0.15) is 28.8 Å². The third-order valence-electron chi connectivity index (χ3n) is 6.43. The molecule has 1 fully saturated rings. The van der Waals surface area contributed by atoms with Crippen LogP contribution in [0.3, 0.4) is 0 Å². The number of nitrogens with one attached hydrogen (secondary N) is 1. The van der Waals surface area contributed by atoms with Crippen molar-refractivity contribution in [1.29, 1.82) is 0 Å². The molecule has 3 heterocycles. The predicted molar refractivity (Wildman–Crippen MR) is 145 cm³/mol. The molecule has 0 spiro atoms. The molecule has 3 atom stereocenters. The number of benzene rings is 2. The van der Waals surface area contributed by atoms with E-state index < -0.39 is 5.25 Å². The Labute approximate surface area is 216 Å².